The van der Waals surface area contributed by atoms with Crippen LogP contribution < -0.4 is 0 Å². The van der Waals surface area contributed by atoms with Crippen LogP contribution in [0.3, 0.4) is 0 Å². The van der Waals surface area contributed by atoms with Crippen molar-refractivity contribution in [3.63, 3.8) is 0 Å². The molecule has 10 rings (SSSR count). The zero-order valence-corrected chi connectivity index (χ0v) is 25.5. The van der Waals surface area contributed by atoms with Crippen LogP contribution >= 0.6 is 11.3 Å². The predicted molar refractivity (Wildman–Crippen MR) is 189 cm³/mol. The minimum atomic E-state index is 0.533. The van der Waals surface area contributed by atoms with E-state index in [0.717, 1.165) is 81.4 Å². The Bertz CT molecular complexity index is 2800. The summed E-state index contributed by atoms with van der Waals surface area (Å²) in [5, 5.41) is 4.97. The molecule has 4 aromatic heterocycles. The summed E-state index contributed by atoms with van der Waals surface area (Å²) in [6.45, 7) is 0. The van der Waals surface area contributed by atoms with Gasteiger partial charge in [0.2, 0.25) is 0 Å². The van der Waals surface area contributed by atoms with Crippen molar-refractivity contribution in [2.24, 2.45) is 0 Å². The topological polar surface area (TPSA) is 77.8 Å². The molecule has 0 saturated heterocycles. The van der Waals surface area contributed by atoms with Crippen LogP contribution in [0.25, 0.3) is 98.8 Å². The number of furan rings is 2. The molecule has 10 aromatic rings. The van der Waals surface area contributed by atoms with Crippen LogP contribution in [-0.4, -0.2) is 19.9 Å². The van der Waals surface area contributed by atoms with Crippen molar-refractivity contribution in [1.82, 2.24) is 19.9 Å². The normalized spacial score (nSPS) is 11.8. The van der Waals surface area contributed by atoms with Gasteiger partial charge in [-0.25, -0.2) is 19.9 Å². The molecule has 0 aliphatic rings. The fraction of sp³-hybridized carbons (Fsp3) is 0. The molecule has 220 valence electrons. The van der Waals surface area contributed by atoms with E-state index < -0.39 is 0 Å². The zero-order chi connectivity index (χ0) is 30.9. The van der Waals surface area contributed by atoms with E-state index in [9.17, 15) is 0 Å². The second kappa shape index (κ2) is 10.2. The van der Waals surface area contributed by atoms with Gasteiger partial charge in [-0.3, -0.25) is 0 Å². The molecular weight excluding hydrogens is 601 g/mol. The van der Waals surface area contributed by atoms with Crippen LogP contribution in [0, 0.1) is 0 Å². The van der Waals surface area contributed by atoms with Gasteiger partial charge in [0.1, 0.15) is 27.3 Å². The molecule has 7 heteroatoms. The van der Waals surface area contributed by atoms with Crippen molar-refractivity contribution >= 4 is 65.4 Å². The molecule has 0 bridgehead atoms. The Balaban J connectivity index is 1.28. The quantitative estimate of drug-likeness (QED) is 0.194. The van der Waals surface area contributed by atoms with Crippen molar-refractivity contribution in [3.8, 4) is 44.7 Å². The summed E-state index contributed by atoms with van der Waals surface area (Å²) in [7, 11) is 0. The lowest BCUT2D eigenvalue weighted by Crippen LogP contribution is -2.01. The smallest absolute Gasteiger partial charge is 0.167 e. The molecule has 0 fully saturated rings. The van der Waals surface area contributed by atoms with Crippen molar-refractivity contribution in [2.75, 3.05) is 0 Å². The molecule has 6 aromatic carbocycles. The Hall–Kier alpha value is -6.18. The third-order valence-electron chi connectivity index (χ3n) is 8.57. The summed E-state index contributed by atoms with van der Waals surface area (Å²) in [6.07, 6.45) is 0. The fourth-order valence-electron chi connectivity index (χ4n) is 6.39. The molecule has 47 heavy (non-hydrogen) atoms. The number of hydrogen-bond acceptors (Lipinski definition) is 7. The van der Waals surface area contributed by atoms with Gasteiger partial charge in [0, 0.05) is 44.3 Å². The number of rotatable bonds is 4. The Morgan fingerprint density at radius 1 is 0.426 bits per heavy atom. The highest BCUT2D eigenvalue weighted by atomic mass is 32.1. The number of nitrogens with zero attached hydrogens (tertiary/aromatic N) is 4. The van der Waals surface area contributed by atoms with E-state index in [2.05, 4.69) is 42.5 Å². The lowest BCUT2D eigenvalue weighted by molar-refractivity contribution is 0.669. The molecule has 0 N–H and O–H groups in total. The molecule has 4 heterocycles. The molecule has 6 nitrogen and oxygen atoms in total. The van der Waals surface area contributed by atoms with Crippen molar-refractivity contribution < 1.29 is 8.83 Å². The van der Waals surface area contributed by atoms with E-state index in [0.29, 0.717) is 17.5 Å². The summed E-state index contributed by atoms with van der Waals surface area (Å²) in [5.74, 6) is 1.66. The largest absolute Gasteiger partial charge is 0.456 e. The van der Waals surface area contributed by atoms with Gasteiger partial charge >= 0.3 is 0 Å². The van der Waals surface area contributed by atoms with Crippen molar-refractivity contribution in [2.45, 2.75) is 0 Å². The molecular formula is C40H22N4O2S. The summed E-state index contributed by atoms with van der Waals surface area (Å²) in [4.78, 5) is 20.6. The lowest BCUT2D eigenvalue weighted by Gasteiger charge is -2.10. The maximum Gasteiger partial charge on any atom is 0.167 e. The third kappa shape index (κ3) is 4.17. The van der Waals surface area contributed by atoms with Crippen LogP contribution in [0.2, 0.25) is 0 Å². The Morgan fingerprint density at radius 2 is 1.02 bits per heavy atom. The van der Waals surface area contributed by atoms with Crippen LogP contribution in [-0.2, 0) is 0 Å². The third-order valence-corrected chi connectivity index (χ3v) is 9.63. The summed E-state index contributed by atoms with van der Waals surface area (Å²) in [6, 6.07) is 44.7. The van der Waals surface area contributed by atoms with Crippen molar-refractivity contribution in [3.05, 3.63) is 133 Å². The van der Waals surface area contributed by atoms with Crippen LogP contribution in [0.4, 0.5) is 0 Å². The first kappa shape index (κ1) is 26.1. The average Bonchev–Trinajstić information content (AvgIpc) is 3.84. The molecule has 0 spiro atoms. The van der Waals surface area contributed by atoms with E-state index in [-0.39, 0.29) is 0 Å². The molecule has 0 unspecified atom stereocenters. The van der Waals surface area contributed by atoms with E-state index in [4.69, 9.17) is 28.8 Å². The lowest BCUT2D eigenvalue weighted by atomic mass is 10.0. The van der Waals surface area contributed by atoms with Gasteiger partial charge in [-0.05, 0) is 24.3 Å². The molecule has 0 saturated carbocycles. The number of fused-ring (bicyclic) bond motifs is 7. The highest BCUT2D eigenvalue weighted by Gasteiger charge is 2.24. The highest BCUT2D eigenvalue weighted by molar-refractivity contribution is 7.21. The number of para-hydroxylation sites is 2. The summed E-state index contributed by atoms with van der Waals surface area (Å²) >= 11 is 1.63. The van der Waals surface area contributed by atoms with Crippen LogP contribution in [0.1, 0.15) is 0 Å². The summed E-state index contributed by atoms with van der Waals surface area (Å²) < 4.78 is 13.7. The Labute approximate surface area is 271 Å². The first-order valence-corrected chi connectivity index (χ1v) is 16.1. The summed E-state index contributed by atoms with van der Waals surface area (Å²) in [5.41, 5.74) is 7.64. The Kier molecular flexibility index (Phi) is 5.64. The average molecular weight is 623 g/mol. The maximum atomic E-state index is 6.44. The SMILES string of the molecule is c1ccc(-c2nc(-c3ccc4c(c3)oc3ccccc34)nc(-c3c4nc(-c5ccccc5)sc4cc4oc5ccccc5c34)n2)cc1. The van der Waals surface area contributed by atoms with E-state index in [1.54, 1.807) is 11.3 Å². The van der Waals surface area contributed by atoms with Crippen molar-refractivity contribution in [1.29, 1.82) is 0 Å². The second-order valence-corrected chi connectivity index (χ2v) is 12.5. The molecule has 0 radical (unpaired) electrons. The van der Waals surface area contributed by atoms with Gasteiger partial charge in [0.25, 0.3) is 0 Å². The van der Waals surface area contributed by atoms with E-state index >= 15 is 0 Å². The number of aromatic nitrogens is 4. The van der Waals surface area contributed by atoms with Gasteiger partial charge in [0.15, 0.2) is 17.5 Å². The minimum absolute atomic E-state index is 0.533. The van der Waals surface area contributed by atoms with Crippen LogP contribution in [0.5, 0.6) is 0 Å². The van der Waals surface area contributed by atoms with Gasteiger partial charge in [0.05, 0.1) is 15.8 Å². The first-order chi connectivity index (χ1) is 23.3. The fourth-order valence-corrected chi connectivity index (χ4v) is 7.40. The zero-order valence-electron chi connectivity index (χ0n) is 24.7. The molecule has 0 amide bonds. The predicted octanol–water partition coefficient (Wildman–Crippen LogP) is 10.9. The molecule has 0 aliphatic carbocycles. The standard InChI is InChI=1S/C40H22N4O2S/c1-3-11-23(12-4-1)37-42-38(25-19-20-27-26-15-7-9-17-29(26)45-31(27)21-25)44-39(43-37)35-34-28-16-8-10-18-30(28)46-32(34)22-33-36(35)41-40(47-33)24-13-5-2-6-14-24/h1-22H. The molecule has 0 atom stereocenters. The van der Waals surface area contributed by atoms with Gasteiger partial charge in [-0.2, -0.15) is 0 Å². The number of benzene rings is 6. The van der Waals surface area contributed by atoms with E-state index in [1.807, 2.05) is 91.0 Å². The maximum absolute atomic E-state index is 6.44. The Morgan fingerprint density at radius 3 is 1.81 bits per heavy atom. The number of thiazole rings is 1. The van der Waals surface area contributed by atoms with E-state index in [1.165, 1.54) is 0 Å². The number of hydrogen-bond donors (Lipinski definition) is 0. The van der Waals surface area contributed by atoms with Gasteiger partial charge in [-0.1, -0.05) is 103 Å². The van der Waals surface area contributed by atoms with Gasteiger partial charge < -0.3 is 8.83 Å². The second-order valence-electron chi connectivity index (χ2n) is 11.4. The van der Waals surface area contributed by atoms with Crippen LogP contribution in [0.15, 0.2) is 142 Å². The minimum Gasteiger partial charge on any atom is -0.456 e. The molecule has 0 aliphatic heterocycles. The van der Waals surface area contributed by atoms with Gasteiger partial charge in [-0.15, -0.1) is 11.3 Å². The monoisotopic (exact) mass is 622 g/mol. The first-order valence-electron chi connectivity index (χ1n) is 15.3. The highest BCUT2D eigenvalue weighted by Crippen LogP contribution is 2.44.